The van der Waals surface area contributed by atoms with Crippen molar-refractivity contribution in [2.24, 2.45) is 0 Å². The highest BCUT2D eigenvalue weighted by atomic mass is 32.2. The zero-order chi connectivity index (χ0) is 18.0. The Labute approximate surface area is 137 Å². The molecule has 0 radical (unpaired) electrons. The summed E-state index contributed by atoms with van der Waals surface area (Å²) in [6.07, 6.45) is -4.02. The largest absolute Gasteiger partial charge is 0.405 e. The van der Waals surface area contributed by atoms with Gasteiger partial charge in [-0.05, 0) is 36.8 Å². The number of nitrogens with two attached hydrogens (primary N) is 1. The summed E-state index contributed by atoms with van der Waals surface area (Å²) < 4.78 is 66.2. The van der Waals surface area contributed by atoms with Crippen molar-refractivity contribution in [1.29, 1.82) is 0 Å². The lowest BCUT2D eigenvalue weighted by molar-refractivity contribution is -0.151. The summed E-state index contributed by atoms with van der Waals surface area (Å²) in [6.45, 7) is 1.48. The van der Waals surface area contributed by atoms with Gasteiger partial charge in [-0.15, -0.1) is 0 Å². The van der Waals surface area contributed by atoms with Crippen molar-refractivity contribution in [1.82, 2.24) is 9.71 Å². The van der Waals surface area contributed by atoms with E-state index in [1.807, 2.05) is 0 Å². The lowest BCUT2D eigenvalue weighted by atomic mass is 10.1. The molecule has 0 fully saturated rings. The number of anilines is 1. The smallest absolute Gasteiger partial charge is 0.399 e. The number of hydrogen-bond acceptors (Lipinski definition) is 4. The summed E-state index contributed by atoms with van der Waals surface area (Å²) in [5.74, 6) is 0. The Balaban J connectivity index is 2.33. The Kier molecular flexibility index (Phi) is 5.14. The maximum atomic E-state index is 13.3. The lowest BCUT2D eigenvalue weighted by Crippen LogP contribution is -2.47. The molecule has 24 heavy (non-hydrogen) atoms. The minimum atomic E-state index is -4.77. The highest BCUT2D eigenvalue weighted by Gasteiger charge is 2.42. The maximum absolute atomic E-state index is 13.3. The van der Waals surface area contributed by atoms with E-state index in [0.717, 1.165) is 6.07 Å². The SMILES string of the molecule is Cc1ccc(N)cc1S(=O)(=O)N[C@@H](Cc1ccccn1)C(F)(F)F. The Morgan fingerprint density at radius 2 is 1.96 bits per heavy atom. The third kappa shape index (κ3) is 4.45. The first-order chi connectivity index (χ1) is 11.1. The highest BCUT2D eigenvalue weighted by molar-refractivity contribution is 7.89. The number of nitrogen functional groups attached to an aromatic ring is 1. The van der Waals surface area contributed by atoms with Crippen LogP contribution in [0.5, 0.6) is 0 Å². The molecule has 130 valence electrons. The zero-order valence-electron chi connectivity index (χ0n) is 12.7. The quantitative estimate of drug-likeness (QED) is 0.803. The number of rotatable bonds is 5. The van der Waals surface area contributed by atoms with Crippen molar-refractivity contribution in [3.8, 4) is 0 Å². The van der Waals surface area contributed by atoms with Gasteiger partial charge in [-0.1, -0.05) is 12.1 Å². The van der Waals surface area contributed by atoms with Gasteiger partial charge >= 0.3 is 6.18 Å². The summed E-state index contributed by atoms with van der Waals surface area (Å²) in [5.41, 5.74) is 6.12. The van der Waals surface area contributed by atoms with E-state index in [4.69, 9.17) is 5.73 Å². The first-order valence-electron chi connectivity index (χ1n) is 6.94. The molecular formula is C15H16F3N3O2S. The Bertz CT molecular complexity index is 808. The van der Waals surface area contributed by atoms with E-state index in [-0.39, 0.29) is 16.3 Å². The summed E-state index contributed by atoms with van der Waals surface area (Å²) in [7, 11) is -4.39. The summed E-state index contributed by atoms with van der Waals surface area (Å²) in [4.78, 5) is 3.53. The van der Waals surface area contributed by atoms with E-state index >= 15 is 0 Å². The second-order valence-corrected chi connectivity index (χ2v) is 6.95. The number of alkyl halides is 3. The van der Waals surface area contributed by atoms with Gasteiger partial charge in [-0.3, -0.25) is 4.98 Å². The normalized spacial score (nSPS) is 13.7. The molecule has 0 spiro atoms. The van der Waals surface area contributed by atoms with E-state index in [2.05, 4.69) is 4.98 Å². The van der Waals surface area contributed by atoms with E-state index in [1.165, 1.54) is 37.4 Å². The molecule has 5 nitrogen and oxygen atoms in total. The number of benzene rings is 1. The van der Waals surface area contributed by atoms with Crippen LogP contribution in [0.2, 0.25) is 0 Å². The number of aryl methyl sites for hydroxylation is 1. The van der Waals surface area contributed by atoms with Gasteiger partial charge in [0, 0.05) is 24.0 Å². The molecule has 0 unspecified atom stereocenters. The number of nitrogens with one attached hydrogen (secondary N) is 1. The van der Waals surface area contributed by atoms with Crippen molar-refractivity contribution in [2.75, 3.05) is 5.73 Å². The Morgan fingerprint density at radius 3 is 2.54 bits per heavy atom. The molecule has 0 aliphatic carbocycles. The molecule has 1 aromatic carbocycles. The molecule has 1 atom stereocenters. The molecule has 9 heteroatoms. The van der Waals surface area contributed by atoms with Crippen LogP contribution in [-0.2, 0) is 16.4 Å². The number of pyridine rings is 1. The minimum Gasteiger partial charge on any atom is -0.399 e. The average molecular weight is 359 g/mol. The molecule has 3 N–H and O–H groups in total. The van der Waals surface area contributed by atoms with Gasteiger partial charge in [-0.25, -0.2) is 8.42 Å². The predicted molar refractivity (Wildman–Crippen MR) is 83.7 cm³/mol. The second-order valence-electron chi connectivity index (χ2n) is 5.27. The molecular weight excluding hydrogens is 343 g/mol. The highest BCUT2D eigenvalue weighted by Crippen LogP contribution is 2.26. The van der Waals surface area contributed by atoms with Crippen molar-refractivity contribution in [3.05, 3.63) is 53.9 Å². The monoisotopic (exact) mass is 359 g/mol. The second kappa shape index (κ2) is 6.78. The topological polar surface area (TPSA) is 85.1 Å². The Morgan fingerprint density at radius 1 is 1.25 bits per heavy atom. The summed E-state index contributed by atoms with van der Waals surface area (Å²) in [6, 6.07) is 6.25. The van der Waals surface area contributed by atoms with E-state index in [1.54, 1.807) is 10.8 Å². The summed E-state index contributed by atoms with van der Waals surface area (Å²) >= 11 is 0. The fourth-order valence-electron chi connectivity index (χ4n) is 2.11. The molecule has 0 saturated carbocycles. The van der Waals surface area contributed by atoms with Gasteiger partial charge in [-0.2, -0.15) is 17.9 Å². The van der Waals surface area contributed by atoms with Crippen LogP contribution in [0.3, 0.4) is 0 Å². The molecule has 0 bridgehead atoms. The third-order valence-corrected chi connectivity index (χ3v) is 4.95. The number of hydrogen-bond donors (Lipinski definition) is 2. The van der Waals surface area contributed by atoms with Crippen LogP contribution in [0, 0.1) is 6.92 Å². The zero-order valence-corrected chi connectivity index (χ0v) is 13.5. The van der Waals surface area contributed by atoms with Gasteiger partial charge in [0.2, 0.25) is 10.0 Å². The number of halogens is 3. The summed E-state index contributed by atoms with van der Waals surface area (Å²) in [5, 5.41) is 0. The lowest BCUT2D eigenvalue weighted by Gasteiger charge is -2.22. The van der Waals surface area contributed by atoms with Crippen LogP contribution in [0.1, 0.15) is 11.3 Å². The van der Waals surface area contributed by atoms with Crippen LogP contribution in [0.25, 0.3) is 0 Å². The third-order valence-electron chi connectivity index (χ3n) is 3.33. The minimum absolute atomic E-state index is 0.131. The number of aromatic nitrogens is 1. The van der Waals surface area contributed by atoms with Crippen LogP contribution >= 0.6 is 0 Å². The van der Waals surface area contributed by atoms with E-state index in [0.29, 0.717) is 5.56 Å². The average Bonchev–Trinajstić information content (AvgIpc) is 2.49. The molecule has 2 rings (SSSR count). The molecule has 2 aromatic rings. The van der Waals surface area contributed by atoms with Gasteiger partial charge in [0.1, 0.15) is 6.04 Å². The Hall–Kier alpha value is -2.13. The first-order valence-corrected chi connectivity index (χ1v) is 8.43. The van der Waals surface area contributed by atoms with Gasteiger partial charge < -0.3 is 5.73 Å². The maximum Gasteiger partial charge on any atom is 0.405 e. The molecule has 0 aliphatic rings. The van der Waals surface area contributed by atoms with Crippen molar-refractivity contribution < 1.29 is 21.6 Å². The standard InChI is InChI=1S/C15H16F3N3O2S/c1-10-5-6-11(19)8-13(10)24(22,23)21-14(15(16,17)18)9-12-4-2-3-7-20-12/h2-8,14,21H,9,19H2,1H3/t14-/m0/s1. The van der Waals surface area contributed by atoms with Gasteiger partial charge in [0.15, 0.2) is 0 Å². The molecule has 1 aromatic heterocycles. The van der Waals surface area contributed by atoms with Crippen LogP contribution in [-0.4, -0.2) is 25.6 Å². The van der Waals surface area contributed by atoms with Crippen molar-refractivity contribution in [3.63, 3.8) is 0 Å². The number of nitrogens with zero attached hydrogens (tertiary/aromatic N) is 1. The molecule has 0 amide bonds. The van der Waals surface area contributed by atoms with Gasteiger partial charge in [0.25, 0.3) is 0 Å². The fraction of sp³-hybridized carbons (Fsp3) is 0.267. The van der Waals surface area contributed by atoms with E-state index < -0.39 is 28.7 Å². The molecule has 1 heterocycles. The first kappa shape index (κ1) is 18.2. The number of sulfonamides is 1. The van der Waals surface area contributed by atoms with Crippen LogP contribution < -0.4 is 10.5 Å². The predicted octanol–water partition coefficient (Wildman–Crippen LogP) is 2.42. The van der Waals surface area contributed by atoms with Crippen LogP contribution in [0.4, 0.5) is 18.9 Å². The van der Waals surface area contributed by atoms with E-state index in [9.17, 15) is 21.6 Å². The van der Waals surface area contributed by atoms with Gasteiger partial charge in [0.05, 0.1) is 4.90 Å². The molecule has 0 aliphatic heterocycles. The van der Waals surface area contributed by atoms with Crippen LogP contribution in [0.15, 0.2) is 47.5 Å². The molecule has 0 saturated heterocycles. The van der Waals surface area contributed by atoms with Crippen molar-refractivity contribution in [2.45, 2.75) is 30.5 Å². The van der Waals surface area contributed by atoms with Crippen molar-refractivity contribution >= 4 is 15.7 Å². The fourth-order valence-corrected chi connectivity index (χ4v) is 3.61.